The molecule has 1 amide bonds. The molecule has 0 bridgehead atoms. The van der Waals surface area contributed by atoms with Gasteiger partial charge < -0.3 is 15.4 Å². The number of nitrogens with zero attached hydrogens (tertiary/aromatic N) is 1. The van der Waals surface area contributed by atoms with E-state index in [1.165, 1.54) is 13.1 Å². The first-order valence-electron chi connectivity index (χ1n) is 9.29. The number of carbonyl (C=O) groups is 2. The highest BCUT2D eigenvalue weighted by Crippen LogP contribution is 2.18. The Balaban J connectivity index is 1.56. The summed E-state index contributed by atoms with van der Waals surface area (Å²) in [7, 11) is 1.63. The van der Waals surface area contributed by atoms with E-state index in [0.717, 1.165) is 23.4 Å². The van der Waals surface area contributed by atoms with Crippen molar-refractivity contribution in [1.82, 2.24) is 10.3 Å². The van der Waals surface area contributed by atoms with E-state index in [9.17, 15) is 9.59 Å². The van der Waals surface area contributed by atoms with Crippen LogP contribution in [0.15, 0.2) is 67.0 Å². The van der Waals surface area contributed by atoms with Gasteiger partial charge in [0.25, 0.3) is 5.91 Å². The minimum absolute atomic E-state index is 0.0199. The van der Waals surface area contributed by atoms with Crippen LogP contribution in [0.4, 0.5) is 11.4 Å². The number of anilines is 2. The summed E-state index contributed by atoms with van der Waals surface area (Å²) >= 11 is 0. The van der Waals surface area contributed by atoms with Gasteiger partial charge in [-0.3, -0.25) is 14.6 Å². The van der Waals surface area contributed by atoms with Gasteiger partial charge in [-0.05, 0) is 61.4 Å². The minimum Gasteiger partial charge on any atom is -0.497 e. The Morgan fingerprint density at radius 2 is 1.66 bits per heavy atom. The summed E-state index contributed by atoms with van der Waals surface area (Å²) in [5.74, 6) is 0.650. The van der Waals surface area contributed by atoms with E-state index in [1.807, 2.05) is 36.4 Å². The standard InChI is InChI=1S/C23H23N3O3/c1-16(27)18-5-7-20(8-6-18)26-21-13-19(14-24-15-21)23(28)25-12-11-17-3-9-22(29-2)10-4-17/h3-10,13-15,26H,11-12H2,1-2H3,(H,25,28). The lowest BCUT2D eigenvalue weighted by Gasteiger charge is -2.09. The van der Waals surface area contributed by atoms with Gasteiger partial charge >= 0.3 is 0 Å². The predicted molar refractivity (Wildman–Crippen MR) is 113 cm³/mol. The van der Waals surface area contributed by atoms with Gasteiger partial charge in [0.1, 0.15) is 5.75 Å². The van der Waals surface area contributed by atoms with Crippen molar-refractivity contribution >= 4 is 23.1 Å². The van der Waals surface area contributed by atoms with E-state index in [4.69, 9.17) is 4.74 Å². The Kier molecular flexibility index (Phi) is 6.58. The number of carbonyl (C=O) groups excluding carboxylic acids is 2. The molecular formula is C23H23N3O3. The van der Waals surface area contributed by atoms with Crippen LogP contribution in [0.1, 0.15) is 33.2 Å². The molecule has 0 aliphatic rings. The van der Waals surface area contributed by atoms with Crippen molar-refractivity contribution in [3.05, 3.63) is 83.7 Å². The van der Waals surface area contributed by atoms with Gasteiger partial charge in [-0.1, -0.05) is 12.1 Å². The van der Waals surface area contributed by atoms with Gasteiger partial charge in [0.2, 0.25) is 0 Å². The monoisotopic (exact) mass is 389 g/mol. The van der Waals surface area contributed by atoms with E-state index in [-0.39, 0.29) is 11.7 Å². The smallest absolute Gasteiger partial charge is 0.252 e. The van der Waals surface area contributed by atoms with Crippen molar-refractivity contribution in [3.8, 4) is 5.75 Å². The average Bonchev–Trinajstić information content (AvgIpc) is 2.75. The van der Waals surface area contributed by atoms with E-state index in [2.05, 4.69) is 15.6 Å². The first-order chi connectivity index (χ1) is 14.0. The lowest BCUT2D eigenvalue weighted by atomic mass is 10.1. The lowest BCUT2D eigenvalue weighted by Crippen LogP contribution is -2.25. The molecular weight excluding hydrogens is 366 g/mol. The maximum atomic E-state index is 12.4. The summed E-state index contributed by atoms with van der Waals surface area (Å²) in [6.07, 6.45) is 3.91. The van der Waals surface area contributed by atoms with Gasteiger partial charge in [-0.25, -0.2) is 0 Å². The third kappa shape index (κ3) is 5.65. The Labute approximate surface area is 169 Å². The Bertz CT molecular complexity index is 983. The normalized spacial score (nSPS) is 10.3. The number of methoxy groups -OCH3 is 1. The minimum atomic E-state index is -0.179. The topological polar surface area (TPSA) is 80.3 Å². The molecule has 3 aromatic rings. The zero-order valence-corrected chi connectivity index (χ0v) is 16.4. The van der Waals surface area contributed by atoms with Gasteiger partial charge in [-0.15, -0.1) is 0 Å². The van der Waals surface area contributed by atoms with Crippen molar-refractivity contribution in [2.45, 2.75) is 13.3 Å². The van der Waals surface area contributed by atoms with E-state index in [1.54, 1.807) is 31.5 Å². The van der Waals surface area contributed by atoms with Crippen LogP contribution in [0.2, 0.25) is 0 Å². The van der Waals surface area contributed by atoms with Crippen LogP contribution in [0.25, 0.3) is 0 Å². The van der Waals surface area contributed by atoms with Crippen molar-refractivity contribution < 1.29 is 14.3 Å². The summed E-state index contributed by atoms with van der Waals surface area (Å²) in [6.45, 7) is 2.05. The summed E-state index contributed by atoms with van der Waals surface area (Å²) in [5.41, 5.74) is 3.76. The fourth-order valence-electron chi connectivity index (χ4n) is 2.80. The fraction of sp³-hybridized carbons (Fsp3) is 0.174. The number of nitrogens with one attached hydrogen (secondary N) is 2. The van der Waals surface area contributed by atoms with Gasteiger partial charge in [-0.2, -0.15) is 0 Å². The number of benzene rings is 2. The number of aromatic nitrogens is 1. The molecule has 0 saturated heterocycles. The van der Waals surface area contributed by atoms with Crippen molar-refractivity contribution in [2.24, 2.45) is 0 Å². The predicted octanol–water partition coefficient (Wildman–Crippen LogP) is 4.01. The van der Waals surface area contributed by atoms with Crippen LogP contribution in [0.5, 0.6) is 5.75 Å². The first-order valence-corrected chi connectivity index (χ1v) is 9.29. The number of ether oxygens (including phenoxy) is 1. The Morgan fingerprint density at radius 3 is 2.31 bits per heavy atom. The molecule has 0 saturated carbocycles. The maximum Gasteiger partial charge on any atom is 0.252 e. The number of Topliss-reactive ketones (excluding diaryl/α,β-unsaturated/α-hetero) is 1. The quantitative estimate of drug-likeness (QED) is 0.569. The summed E-state index contributed by atoms with van der Waals surface area (Å²) in [5, 5.41) is 6.10. The van der Waals surface area contributed by atoms with Crippen molar-refractivity contribution in [1.29, 1.82) is 0 Å². The number of pyridine rings is 1. The van der Waals surface area contributed by atoms with Crippen LogP contribution in [0, 0.1) is 0 Å². The average molecular weight is 389 g/mol. The molecule has 0 radical (unpaired) electrons. The Hall–Kier alpha value is -3.67. The first kappa shape index (κ1) is 20.1. The zero-order chi connectivity index (χ0) is 20.6. The molecule has 148 valence electrons. The molecule has 0 fully saturated rings. The van der Waals surface area contributed by atoms with Crippen LogP contribution < -0.4 is 15.4 Å². The van der Waals surface area contributed by atoms with Crippen LogP contribution in [-0.4, -0.2) is 30.3 Å². The third-order valence-corrected chi connectivity index (χ3v) is 4.44. The number of hydrogen-bond acceptors (Lipinski definition) is 5. The lowest BCUT2D eigenvalue weighted by molar-refractivity contribution is 0.0952. The molecule has 29 heavy (non-hydrogen) atoms. The third-order valence-electron chi connectivity index (χ3n) is 4.44. The number of hydrogen-bond donors (Lipinski definition) is 2. The van der Waals surface area contributed by atoms with Crippen molar-refractivity contribution in [3.63, 3.8) is 0 Å². The molecule has 1 heterocycles. The fourth-order valence-corrected chi connectivity index (χ4v) is 2.80. The SMILES string of the molecule is COc1ccc(CCNC(=O)c2cncc(Nc3ccc(C(C)=O)cc3)c2)cc1. The van der Waals surface area contributed by atoms with Gasteiger partial charge in [0.15, 0.2) is 5.78 Å². The zero-order valence-electron chi connectivity index (χ0n) is 16.4. The van der Waals surface area contributed by atoms with Crippen LogP contribution in [-0.2, 0) is 6.42 Å². The van der Waals surface area contributed by atoms with Crippen LogP contribution in [0.3, 0.4) is 0 Å². The summed E-state index contributed by atoms with van der Waals surface area (Å²) < 4.78 is 5.14. The van der Waals surface area contributed by atoms with Gasteiger partial charge in [0.05, 0.1) is 24.6 Å². The molecule has 0 spiro atoms. The number of rotatable bonds is 8. The molecule has 0 aliphatic heterocycles. The highest BCUT2D eigenvalue weighted by molar-refractivity contribution is 5.95. The molecule has 6 heteroatoms. The molecule has 2 aromatic carbocycles. The molecule has 3 rings (SSSR count). The molecule has 0 atom stereocenters. The highest BCUT2D eigenvalue weighted by atomic mass is 16.5. The Morgan fingerprint density at radius 1 is 0.931 bits per heavy atom. The molecule has 2 N–H and O–H groups in total. The maximum absolute atomic E-state index is 12.4. The van der Waals surface area contributed by atoms with E-state index in [0.29, 0.717) is 23.4 Å². The molecule has 0 aliphatic carbocycles. The second-order valence-electron chi connectivity index (χ2n) is 6.57. The highest BCUT2D eigenvalue weighted by Gasteiger charge is 2.07. The molecule has 1 aromatic heterocycles. The largest absolute Gasteiger partial charge is 0.497 e. The summed E-state index contributed by atoms with van der Waals surface area (Å²) in [4.78, 5) is 27.9. The second kappa shape index (κ2) is 9.50. The van der Waals surface area contributed by atoms with E-state index >= 15 is 0 Å². The molecule has 6 nitrogen and oxygen atoms in total. The molecule has 0 unspecified atom stereocenters. The van der Waals surface area contributed by atoms with Crippen LogP contribution >= 0.6 is 0 Å². The second-order valence-corrected chi connectivity index (χ2v) is 6.57. The number of ketones is 1. The van der Waals surface area contributed by atoms with Crippen molar-refractivity contribution in [2.75, 3.05) is 19.0 Å². The van der Waals surface area contributed by atoms with Gasteiger partial charge in [0, 0.05) is 24.0 Å². The summed E-state index contributed by atoms with van der Waals surface area (Å²) in [6, 6.07) is 16.7. The number of amides is 1. The van der Waals surface area contributed by atoms with E-state index < -0.39 is 0 Å².